The van der Waals surface area contributed by atoms with Gasteiger partial charge in [0.05, 0.1) is 17.3 Å². The summed E-state index contributed by atoms with van der Waals surface area (Å²) in [6.45, 7) is 6.75. The number of nitrogens with one attached hydrogen (secondary N) is 1. The molecule has 1 atom stereocenters. The fourth-order valence-corrected chi connectivity index (χ4v) is 3.60. The Bertz CT molecular complexity index is 865. The second-order valence-electron chi connectivity index (χ2n) is 8.07. The highest BCUT2D eigenvalue weighted by atomic mass is 19.1. The van der Waals surface area contributed by atoms with Crippen molar-refractivity contribution in [2.75, 3.05) is 13.1 Å². The van der Waals surface area contributed by atoms with Crippen molar-refractivity contribution in [2.24, 2.45) is 0 Å². The van der Waals surface area contributed by atoms with E-state index in [1.54, 1.807) is 18.3 Å². The Morgan fingerprint density at radius 2 is 1.83 bits per heavy atom. The molecular weight excluding hydrogens is 371 g/mol. The molecule has 0 bridgehead atoms. The van der Waals surface area contributed by atoms with Gasteiger partial charge in [0.25, 0.3) is 5.91 Å². The van der Waals surface area contributed by atoms with Crippen LogP contribution in [-0.2, 0) is 10.2 Å². The number of carbonyl (C=O) groups is 2. The van der Waals surface area contributed by atoms with Gasteiger partial charge in [0.1, 0.15) is 11.5 Å². The highest BCUT2D eigenvalue weighted by Gasteiger charge is 2.34. The van der Waals surface area contributed by atoms with Gasteiger partial charge in [0.2, 0.25) is 5.91 Å². The Hall–Kier alpha value is -2.83. The fourth-order valence-electron chi connectivity index (χ4n) is 3.60. The van der Waals surface area contributed by atoms with Crippen molar-refractivity contribution < 1.29 is 14.0 Å². The molecule has 1 unspecified atom stereocenters. The highest BCUT2D eigenvalue weighted by molar-refractivity contribution is 5.92. The zero-order chi connectivity index (χ0) is 21.0. The highest BCUT2D eigenvalue weighted by Crippen LogP contribution is 2.27. The van der Waals surface area contributed by atoms with Crippen LogP contribution in [-0.4, -0.2) is 45.8 Å². The summed E-state index contributed by atoms with van der Waals surface area (Å²) in [4.78, 5) is 35.6. The first-order valence-electron chi connectivity index (χ1n) is 9.92. The van der Waals surface area contributed by atoms with Crippen molar-refractivity contribution in [2.45, 2.75) is 51.5 Å². The number of carbonyl (C=O) groups excluding carboxylic acids is 2. The van der Waals surface area contributed by atoms with Crippen LogP contribution in [0.25, 0.3) is 0 Å². The van der Waals surface area contributed by atoms with E-state index in [0.717, 1.165) is 24.1 Å². The summed E-state index contributed by atoms with van der Waals surface area (Å²) in [5.41, 5.74) is 1.10. The van der Waals surface area contributed by atoms with Gasteiger partial charge < -0.3 is 10.2 Å². The number of benzene rings is 1. The minimum atomic E-state index is -0.742. The van der Waals surface area contributed by atoms with Gasteiger partial charge in [-0.05, 0) is 57.7 Å². The first-order valence-corrected chi connectivity index (χ1v) is 9.92. The second-order valence-corrected chi connectivity index (χ2v) is 8.07. The Morgan fingerprint density at radius 1 is 1.10 bits per heavy atom. The van der Waals surface area contributed by atoms with E-state index >= 15 is 0 Å². The number of aromatic nitrogens is 2. The molecule has 1 aromatic carbocycles. The molecule has 29 heavy (non-hydrogen) atoms. The molecule has 154 valence electrons. The maximum absolute atomic E-state index is 13.2. The number of halogens is 1. The van der Waals surface area contributed by atoms with E-state index in [0.29, 0.717) is 25.2 Å². The monoisotopic (exact) mass is 398 g/mol. The van der Waals surface area contributed by atoms with Gasteiger partial charge in [-0.1, -0.05) is 12.1 Å². The average Bonchev–Trinajstić information content (AvgIpc) is 2.93. The zero-order valence-electron chi connectivity index (χ0n) is 17.1. The lowest BCUT2D eigenvalue weighted by molar-refractivity contribution is -0.136. The number of aryl methyl sites for hydroxylation is 1. The van der Waals surface area contributed by atoms with Crippen LogP contribution in [0, 0.1) is 12.7 Å². The van der Waals surface area contributed by atoms with Gasteiger partial charge in [-0.3, -0.25) is 14.6 Å². The Morgan fingerprint density at radius 3 is 2.48 bits per heavy atom. The third kappa shape index (κ3) is 4.96. The summed E-state index contributed by atoms with van der Waals surface area (Å²) < 4.78 is 13.2. The predicted molar refractivity (Wildman–Crippen MR) is 108 cm³/mol. The van der Waals surface area contributed by atoms with Crippen molar-refractivity contribution in [3.63, 3.8) is 0 Å². The third-order valence-corrected chi connectivity index (χ3v) is 5.46. The molecule has 2 heterocycles. The third-order valence-electron chi connectivity index (χ3n) is 5.46. The Balaban J connectivity index is 1.61. The summed E-state index contributed by atoms with van der Waals surface area (Å²) in [6.07, 6.45) is 5.32. The minimum absolute atomic E-state index is 0.0143. The molecule has 3 rings (SSSR count). The predicted octanol–water partition coefficient (Wildman–Crippen LogP) is 3.01. The first kappa shape index (κ1) is 20.9. The molecule has 1 fully saturated rings. The number of nitrogens with zero attached hydrogens (tertiary/aromatic N) is 3. The molecule has 2 amide bonds. The average molecular weight is 398 g/mol. The van der Waals surface area contributed by atoms with Crippen LogP contribution in [0.4, 0.5) is 4.39 Å². The van der Waals surface area contributed by atoms with Crippen LogP contribution >= 0.6 is 0 Å². The molecule has 0 spiro atoms. The molecule has 0 radical (unpaired) electrons. The van der Waals surface area contributed by atoms with E-state index in [1.807, 2.05) is 25.7 Å². The molecule has 1 N–H and O–H groups in total. The van der Waals surface area contributed by atoms with E-state index in [9.17, 15) is 14.0 Å². The molecule has 1 aliphatic rings. The van der Waals surface area contributed by atoms with E-state index in [-0.39, 0.29) is 23.7 Å². The minimum Gasteiger partial charge on any atom is -0.348 e. The van der Waals surface area contributed by atoms with Crippen molar-refractivity contribution >= 4 is 11.8 Å². The number of amides is 2. The van der Waals surface area contributed by atoms with Crippen molar-refractivity contribution in [3.05, 3.63) is 59.4 Å². The van der Waals surface area contributed by atoms with Crippen molar-refractivity contribution in [1.82, 2.24) is 20.2 Å². The number of hydrogen-bond acceptors (Lipinski definition) is 4. The van der Waals surface area contributed by atoms with E-state index in [4.69, 9.17) is 0 Å². The fraction of sp³-hybridized carbons (Fsp3) is 0.455. The van der Waals surface area contributed by atoms with Crippen LogP contribution in [0.1, 0.15) is 54.9 Å². The van der Waals surface area contributed by atoms with Gasteiger partial charge in [-0.2, -0.15) is 0 Å². The summed E-state index contributed by atoms with van der Waals surface area (Å²) in [6, 6.07) is 6.07. The van der Waals surface area contributed by atoms with Crippen LogP contribution < -0.4 is 5.32 Å². The molecule has 7 heteroatoms. The van der Waals surface area contributed by atoms with Crippen LogP contribution in [0.2, 0.25) is 0 Å². The maximum atomic E-state index is 13.2. The zero-order valence-corrected chi connectivity index (χ0v) is 17.1. The number of hydrogen-bond donors (Lipinski definition) is 1. The van der Waals surface area contributed by atoms with Crippen LogP contribution in [0.5, 0.6) is 0 Å². The molecule has 1 saturated heterocycles. The van der Waals surface area contributed by atoms with E-state index in [1.165, 1.54) is 18.3 Å². The van der Waals surface area contributed by atoms with Gasteiger partial charge >= 0.3 is 0 Å². The van der Waals surface area contributed by atoms with E-state index in [2.05, 4.69) is 15.3 Å². The molecule has 1 aromatic heterocycles. The van der Waals surface area contributed by atoms with Crippen LogP contribution in [0.15, 0.2) is 36.7 Å². The van der Waals surface area contributed by atoms with Gasteiger partial charge in [-0.25, -0.2) is 9.37 Å². The number of likely N-dealkylation sites (tertiary alicyclic amines) is 1. The molecular formula is C22H27FN4O2. The molecule has 2 aromatic rings. The van der Waals surface area contributed by atoms with E-state index < -0.39 is 5.41 Å². The summed E-state index contributed by atoms with van der Waals surface area (Å²) in [5, 5.41) is 3.01. The Kier molecular flexibility index (Phi) is 6.25. The molecule has 0 aliphatic carbocycles. The second kappa shape index (κ2) is 8.68. The first-order chi connectivity index (χ1) is 13.8. The van der Waals surface area contributed by atoms with Crippen molar-refractivity contribution in [3.8, 4) is 0 Å². The summed E-state index contributed by atoms with van der Waals surface area (Å²) >= 11 is 0. The molecule has 6 nitrogen and oxygen atoms in total. The Labute approximate surface area is 170 Å². The van der Waals surface area contributed by atoms with Crippen molar-refractivity contribution in [1.29, 1.82) is 0 Å². The largest absolute Gasteiger partial charge is 0.348 e. The maximum Gasteiger partial charge on any atom is 0.271 e. The smallest absolute Gasteiger partial charge is 0.271 e. The van der Waals surface area contributed by atoms with Gasteiger partial charge in [0, 0.05) is 25.3 Å². The molecule has 1 aliphatic heterocycles. The van der Waals surface area contributed by atoms with Gasteiger partial charge in [0.15, 0.2) is 0 Å². The lowest BCUT2D eigenvalue weighted by atomic mass is 9.83. The standard InChI is InChI=1S/C22H27FN4O2/c1-15-13-25-19(14-24-15)20(28)26-18-5-4-11-27(12-10-18)21(29)22(2,3)16-6-8-17(23)9-7-16/h6-9,13-14,18H,4-5,10-12H2,1-3H3,(H,26,28). The lowest BCUT2D eigenvalue weighted by Gasteiger charge is -2.31. The molecule has 0 saturated carbocycles. The van der Waals surface area contributed by atoms with Gasteiger partial charge in [-0.15, -0.1) is 0 Å². The SMILES string of the molecule is Cc1cnc(C(=O)NC2CCCN(C(=O)C(C)(C)c3ccc(F)cc3)CC2)cn1. The topological polar surface area (TPSA) is 75.2 Å². The normalized spacial score (nSPS) is 17.5. The van der Waals surface area contributed by atoms with Crippen LogP contribution in [0.3, 0.4) is 0 Å². The lowest BCUT2D eigenvalue weighted by Crippen LogP contribution is -2.44. The summed E-state index contributed by atoms with van der Waals surface area (Å²) in [7, 11) is 0. The summed E-state index contributed by atoms with van der Waals surface area (Å²) in [5.74, 6) is -0.543. The number of rotatable bonds is 4. The quantitative estimate of drug-likeness (QED) is 0.859.